The molecule has 5 rings (SSSR count). The van der Waals surface area contributed by atoms with Crippen LogP contribution in [0.5, 0.6) is 0 Å². The van der Waals surface area contributed by atoms with Crippen molar-refractivity contribution in [1.29, 1.82) is 0 Å². The van der Waals surface area contributed by atoms with E-state index in [1.54, 1.807) is 6.92 Å². The van der Waals surface area contributed by atoms with Crippen molar-refractivity contribution in [3.05, 3.63) is 29.8 Å². The molecule has 0 aliphatic heterocycles. The van der Waals surface area contributed by atoms with Crippen molar-refractivity contribution >= 4 is 27.9 Å². The fourth-order valence-electron chi connectivity index (χ4n) is 6.10. The first-order valence-corrected chi connectivity index (χ1v) is 13.5. The maximum atomic E-state index is 12.4. The highest BCUT2D eigenvalue weighted by Gasteiger charge is 2.51. The summed E-state index contributed by atoms with van der Waals surface area (Å²) in [6, 6.07) is 4.50. The lowest BCUT2D eigenvalue weighted by Crippen LogP contribution is -2.62. The van der Waals surface area contributed by atoms with Crippen LogP contribution in [-0.2, 0) is 19.6 Å². The Kier molecular flexibility index (Phi) is 7.00. The molecule has 1 aromatic rings. The number of hydrogen-bond acceptors (Lipinski definition) is 6. The minimum Gasteiger partial charge on any atom is -0.452 e. The van der Waals surface area contributed by atoms with E-state index in [0.29, 0.717) is 24.2 Å². The third kappa shape index (κ3) is 5.60. The SMILES string of the molecule is CCC(C)NS(=O)(=O)c1ccc(C(=O)OCC(=O)NC(=O)NC23CC4CC(CC(C4)C2)C3)cc1. The average Bonchev–Trinajstić information content (AvgIpc) is 2.75. The summed E-state index contributed by atoms with van der Waals surface area (Å²) in [5.74, 6) is 0.490. The van der Waals surface area contributed by atoms with Gasteiger partial charge < -0.3 is 10.1 Å². The fourth-order valence-corrected chi connectivity index (χ4v) is 7.43. The summed E-state index contributed by atoms with van der Waals surface area (Å²) in [5, 5.41) is 5.30. The van der Waals surface area contributed by atoms with E-state index in [4.69, 9.17) is 4.74 Å². The number of imide groups is 1. The molecule has 4 fully saturated rings. The van der Waals surface area contributed by atoms with Crippen LogP contribution in [0.2, 0.25) is 0 Å². The Bertz CT molecular complexity index is 1020. The summed E-state index contributed by atoms with van der Waals surface area (Å²) in [4.78, 5) is 36.9. The molecule has 4 aliphatic carbocycles. The van der Waals surface area contributed by atoms with Gasteiger partial charge in [-0.15, -0.1) is 0 Å². The van der Waals surface area contributed by atoms with E-state index in [9.17, 15) is 22.8 Å². The first kappa shape index (κ1) is 24.7. The number of urea groups is 1. The molecule has 9 nitrogen and oxygen atoms in total. The van der Waals surface area contributed by atoms with Gasteiger partial charge in [-0.25, -0.2) is 22.7 Å². The molecule has 4 aliphatic rings. The molecule has 0 radical (unpaired) electrons. The van der Waals surface area contributed by atoms with Gasteiger partial charge in [0.25, 0.3) is 5.91 Å². The minimum absolute atomic E-state index is 0.0310. The second-order valence-corrected chi connectivity index (χ2v) is 11.9. The third-order valence-corrected chi connectivity index (χ3v) is 8.98. The first-order chi connectivity index (χ1) is 16.1. The van der Waals surface area contributed by atoms with E-state index in [-0.39, 0.29) is 22.0 Å². The number of carbonyl (C=O) groups excluding carboxylic acids is 3. The van der Waals surface area contributed by atoms with E-state index in [0.717, 1.165) is 19.3 Å². The van der Waals surface area contributed by atoms with Crippen LogP contribution in [0.1, 0.15) is 69.2 Å². The van der Waals surface area contributed by atoms with Gasteiger partial charge in [-0.3, -0.25) is 10.1 Å². The zero-order chi connectivity index (χ0) is 24.5. The van der Waals surface area contributed by atoms with Crippen LogP contribution in [0.15, 0.2) is 29.2 Å². The smallest absolute Gasteiger partial charge is 0.338 e. The van der Waals surface area contributed by atoms with Crippen LogP contribution in [0.25, 0.3) is 0 Å². The van der Waals surface area contributed by atoms with Crippen molar-refractivity contribution in [1.82, 2.24) is 15.4 Å². The second kappa shape index (κ2) is 9.65. The number of sulfonamides is 1. The lowest BCUT2D eigenvalue weighted by molar-refractivity contribution is -0.123. The predicted octanol–water partition coefficient (Wildman–Crippen LogP) is 2.71. The van der Waals surface area contributed by atoms with Crippen molar-refractivity contribution in [3.8, 4) is 0 Å². The summed E-state index contributed by atoms with van der Waals surface area (Å²) in [5.41, 5.74) is -0.116. The lowest BCUT2D eigenvalue weighted by Gasteiger charge is -2.56. The molecule has 0 spiro atoms. The maximum Gasteiger partial charge on any atom is 0.338 e. The quantitative estimate of drug-likeness (QED) is 0.479. The molecule has 10 heteroatoms. The summed E-state index contributed by atoms with van der Waals surface area (Å²) in [6.45, 7) is 3.02. The van der Waals surface area contributed by atoms with Crippen LogP contribution < -0.4 is 15.4 Å². The molecular weight excluding hydrogens is 458 g/mol. The monoisotopic (exact) mass is 491 g/mol. The van der Waals surface area contributed by atoms with Gasteiger partial charge in [0.2, 0.25) is 10.0 Å². The fraction of sp³-hybridized carbons (Fsp3) is 0.625. The molecule has 1 atom stereocenters. The zero-order valence-corrected chi connectivity index (χ0v) is 20.4. The molecule has 34 heavy (non-hydrogen) atoms. The number of amides is 3. The molecule has 0 aromatic heterocycles. The van der Waals surface area contributed by atoms with Gasteiger partial charge >= 0.3 is 12.0 Å². The number of nitrogens with one attached hydrogen (secondary N) is 3. The topological polar surface area (TPSA) is 131 Å². The van der Waals surface area contributed by atoms with E-state index >= 15 is 0 Å². The highest BCUT2D eigenvalue weighted by Crippen LogP contribution is 2.55. The van der Waals surface area contributed by atoms with Gasteiger partial charge in [-0.05, 0) is 93.9 Å². The first-order valence-electron chi connectivity index (χ1n) is 12.0. The highest BCUT2D eigenvalue weighted by atomic mass is 32.2. The van der Waals surface area contributed by atoms with Gasteiger partial charge in [-0.1, -0.05) is 6.92 Å². The van der Waals surface area contributed by atoms with Crippen molar-refractivity contribution < 1.29 is 27.5 Å². The van der Waals surface area contributed by atoms with Crippen LogP contribution >= 0.6 is 0 Å². The standard InChI is InChI=1S/C24H33N3O6S/c1-3-15(2)27-34(31,32)20-6-4-19(5-7-20)22(29)33-14-21(28)25-23(30)26-24-11-16-8-17(12-24)10-18(9-16)13-24/h4-7,15-18,27H,3,8-14H2,1-2H3,(H2,25,26,28,30). The molecule has 3 N–H and O–H groups in total. The molecule has 4 saturated carbocycles. The van der Waals surface area contributed by atoms with Crippen molar-refractivity contribution in [3.63, 3.8) is 0 Å². The van der Waals surface area contributed by atoms with Crippen LogP contribution in [0.3, 0.4) is 0 Å². The number of hydrogen-bond donors (Lipinski definition) is 3. The molecule has 1 unspecified atom stereocenters. The largest absolute Gasteiger partial charge is 0.452 e. The predicted molar refractivity (Wildman–Crippen MR) is 124 cm³/mol. The van der Waals surface area contributed by atoms with Gasteiger partial charge in [0.15, 0.2) is 6.61 Å². The van der Waals surface area contributed by atoms with Crippen molar-refractivity contribution in [2.24, 2.45) is 17.8 Å². The Morgan fingerprint density at radius 3 is 2.12 bits per heavy atom. The Labute approximate surface area is 200 Å². The van der Waals surface area contributed by atoms with E-state index in [1.165, 1.54) is 43.5 Å². The molecule has 0 heterocycles. The van der Waals surface area contributed by atoms with Crippen LogP contribution in [0, 0.1) is 17.8 Å². The summed E-state index contributed by atoms with van der Waals surface area (Å²) >= 11 is 0. The van der Waals surface area contributed by atoms with Crippen LogP contribution in [-0.4, -0.2) is 44.5 Å². The summed E-state index contributed by atoms with van der Waals surface area (Å²) in [6.07, 6.45) is 7.29. The van der Waals surface area contributed by atoms with Crippen LogP contribution in [0.4, 0.5) is 4.79 Å². The van der Waals surface area contributed by atoms with Gasteiger partial charge in [0, 0.05) is 11.6 Å². The van der Waals surface area contributed by atoms with E-state index in [2.05, 4.69) is 15.4 Å². The number of rotatable bonds is 8. The van der Waals surface area contributed by atoms with Gasteiger partial charge in [-0.2, -0.15) is 0 Å². The highest BCUT2D eigenvalue weighted by molar-refractivity contribution is 7.89. The Balaban J connectivity index is 1.24. The summed E-state index contributed by atoms with van der Waals surface area (Å²) in [7, 11) is -3.68. The van der Waals surface area contributed by atoms with Crippen molar-refractivity contribution in [2.75, 3.05) is 6.61 Å². The molecule has 3 amide bonds. The van der Waals surface area contributed by atoms with Gasteiger partial charge in [0.1, 0.15) is 0 Å². The molecule has 0 saturated heterocycles. The van der Waals surface area contributed by atoms with Crippen molar-refractivity contribution in [2.45, 2.75) is 75.3 Å². The number of esters is 1. The maximum absolute atomic E-state index is 12.4. The Morgan fingerprint density at radius 2 is 1.59 bits per heavy atom. The second-order valence-electron chi connectivity index (χ2n) is 10.2. The number of benzene rings is 1. The van der Waals surface area contributed by atoms with E-state index < -0.39 is 34.5 Å². The molecule has 4 bridgehead atoms. The van der Waals surface area contributed by atoms with Gasteiger partial charge in [0.05, 0.1) is 10.5 Å². The molecule has 186 valence electrons. The van der Waals surface area contributed by atoms with E-state index in [1.807, 2.05) is 6.92 Å². The average molecular weight is 492 g/mol. The molecular formula is C24H33N3O6S. The Morgan fingerprint density at radius 1 is 1.03 bits per heavy atom. The summed E-state index contributed by atoms with van der Waals surface area (Å²) < 4.78 is 32.2. The number of ether oxygens (including phenoxy) is 1. The normalized spacial score (nSPS) is 28.2. The Hall–Kier alpha value is -2.46. The lowest BCUT2D eigenvalue weighted by atomic mass is 9.53. The number of carbonyl (C=O) groups is 3. The third-order valence-electron chi connectivity index (χ3n) is 7.37. The molecule has 1 aromatic carbocycles. The minimum atomic E-state index is -3.68. The zero-order valence-electron chi connectivity index (χ0n) is 19.6.